The Morgan fingerprint density at radius 3 is 3.05 bits per heavy atom. The van der Waals surface area contributed by atoms with Gasteiger partial charge in [-0.05, 0) is 18.2 Å². The van der Waals surface area contributed by atoms with E-state index in [0.29, 0.717) is 5.75 Å². The van der Waals surface area contributed by atoms with Crippen molar-refractivity contribution < 1.29 is 4.74 Å². The molecule has 3 aromatic rings. The summed E-state index contributed by atoms with van der Waals surface area (Å²) in [5, 5.41) is 4.39. The molecule has 0 fully saturated rings. The summed E-state index contributed by atoms with van der Waals surface area (Å²) in [6, 6.07) is 9.70. The topological polar surface area (TPSA) is 51.8 Å². The van der Waals surface area contributed by atoms with Gasteiger partial charge in [0.25, 0.3) is 0 Å². The van der Waals surface area contributed by atoms with Crippen LogP contribution in [-0.2, 0) is 0 Å². The first-order chi connectivity index (χ1) is 9.35. The molecule has 0 aliphatic carbocycles. The maximum atomic E-state index is 5.10. The summed E-state index contributed by atoms with van der Waals surface area (Å²) in [6.45, 7) is 0. The Balaban J connectivity index is 1.88. The van der Waals surface area contributed by atoms with Gasteiger partial charge in [-0.25, -0.2) is 4.52 Å². The fourth-order valence-electron chi connectivity index (χ4n) is 1.75. The summed E-state index contributed by atoms with van der Waals surface area (Å²) in [4.78, 5) is 8.38. The molecule has 0 aliphatic heterocycles. The van der Waals surface area contributed by atoms with Crippen LogP contribution in [0.1, 0.15) is 5.69 Å². The zero-order chi connectivity index (χ0) is 13.1. The number of methoxy groups -OCH3 is 1. The predicted octanol–water partition coefficient (Wildman–Crippen LogP) is 2.49. The van der Waals surface area contributed by atoms with Gasteiger partial charge in [0.1, 0.15) is 11.4 Å². The van der Waals surface area contributed by atoms with E-state index in [1.165, 1.54) is 0 Å². The van der Waals surface area contributed by atoms with Gasteiger partial charge in [0.15, 0.2) is 0 Å². The molecule has 0 radical (unpaired) electrons. The molecule has 0 amide bonds. The monoisotopic (exact) mass is 252 g/mol. The number of aliphatic imine (C=N–C) groups is 1. The molecule has 94 valence electrons. The van der Waals surface area contributed by atoms with Crippen molar-refractivity contribution in [3.8, 4) is 5.75 Å². The molecular weight excluding hydrogens is 240 g/mol. The smallest absolute Gasteiger partial charge is 0.139 e. The van der Waals surface area contributed by atoms with Crippen molar-refractivity contribution in [1.82, 2.24) is 14.6 Å². The van der Waals surface area contributed by atoms with Crippen molar-refractivity contribution in [2.75, 3.05) is 7.11 Å². The Kier molecular flexibility index (Phi) is 2.94. The van der Waals surface area contributed by atoms with Crippen LogP contribution < -0.4 is 4.74 Å². The van der Waals surface area contributed by atoms with E-state index in [0.717, 1.165) is 16.9 Å². The number of aromatic nitrogens is 3. The molecule has 0 saturated carbocycles. The summed E-state index contributed by atoms with van der Waals surface area (Å²) >= 11 is 0. The predicted molar refractivity (Wildman–Crippen MR) is 73.2 cm³/mol. The third-order valence-electron chi connectivity index (χ3n) is 2.67. The van der Waals surface area contributed by atoms with Crippen molar-refractivity contribution >= 4 is 17.4 Å². The van der Waals surface area contributed by atoms with Crippen LogP contribution in [0.2, 0.25) is 0 Å². The highest BCUT2D eigenvalue weighted by atomic mass is 16.5. The molecule has 0 atom stereocenters. The van der Waals surface area contributed by atoms with Crippen molar-refractivity contribution in [1.29, 1.82) is 0 Å². The molecule has 19 heavy (non-hydrogen) atoms. The molecule has 5 heteroatoms. The number of nitrogens with zero attached hydrogens (tertiary/aromatic N) is 4. The zero-order valence-electron chi connectivity index (χ0n) is 10.4. The van der Waals surface area contributed by atoms with Crippen molar-refractivity contribution in [3.05, 3.63) is 54.6 Å². The van der Waals surface area contributed by atoms with E-state index in [1.807, 2.05) is 41.0 Å². The van der Waals surface area contributed by atoms with Crippen LogP contribution in [-0.4, -0.2) is 27.9 Å². The zero-order valence-corrected chi connectivity index (χ0v) is 10.4. The lowest BCUT2D eigenvalue weighted by molar-refractivity contribution is 0.413. The average molecular weight is 252 g/mol. The summed E-state index contributed by atoms with van der Waals surface area (Å²) < 4.78 is 6.91. The molecule has 0 aromatic carbocycles. The highest BCUT2D eigenvalue weighted by Crippen LogP contribution is 2.17. The van der Waals surface area contributed by atoms with Gasteiger partial charge in [-0.15, -0.1) is 0 Å². The van der Waals surface area contributed by atoms with E-state index in [1.54, 1.807) is 25.7 Å². The SMILES string of the molecule is COc1cncc(N=Cc2cc3ccccn3n2)c1. The average Bonchev–Trinajstić information content (AvgIpc) is 2.88. The van der Waals surface area contributed by atoms with Crippen molar-refractivity contribution in [2.24, 2.45) is 4.99 Å². The number of ether oxygens (including phenoxy) is 1. The number of rotatable bonds is 3. The Bertz CT molecular complexity index is 700. The largest absolute Gasteiger partial charge is 0.495 e. The quantitative estimate of drug-likeness (QED) is 0.673. The van der Waals surface area contributed by atoms with Crippen LogP contribution in [0.5, 0.6) is 5.75 Å². The molecule has 3 rings (SSSR count). The summed E-state index contributed by atoms with van der Waals surface area (Å²) in [7, 11) is 1.60. The van der Waals surface area contributed by atoms with Gasteiger partial charge >= 0.3 is 0 Å². The minimum atomic E-state index is 0.685. The van der Waals surface area contributed by atoms with Gasteiger partial charge < -0.3 is 4.74 Å². The molecule has 0 spiro atoms. The standard InChI is InChI=1S/C14H12N4O/c1-19-14-7-11(8-15-10-14)16-9-12-6-13-4-2-3-5-18(13)17-12/h2-10H,1H3. The summed E-state index contributed by atoms with van der Waals surface area (Å²) in [5.41, 5.74) is 2.57. The van der Waals surface area contributed by atoms with Gasteiger partial charge in [-0.1, -0.05) is 6.07 Å². The van der Waals surface area contributed by atoms with E-state index >= 15 is 0 Å². The first kappa shape index (κ1) is 11.4. The van der Waals surface area contributed by atoms with E-state index < -0.39 is 0 Å². The highest BCUT2D eigenvalue weighted by Gasteiger charge is 1.98. The Hall–Kier alpha value is -2.69. The molecule has 3 aromatic heterocycles. The van der Waals surface area contributed by atoms with Crippen LogP contribution in [0, 0.1) is 0 Å². The number of fused-ring (bicyclic) bond motifs is 1. The summed E-state index contributed by atoms with van der Waals surface area (Å²) in [5.74, 6) is 0.685. The van der Waals surface area contributed by atoms with Gasteiger partial charge in [0, 0.05) is 12.3 Å². The van der Waals surface area contributed by atoms with Crippen molar-refractivity contribution in [3.63, 3.8) is 0 Å². The second-order valence-corrected chi connectivity index (χ2v) is 3.98. The second-order valence-electron chi connectivity index (χ2n) is 3.98. The van der Waals surface area contributed by atoms with Crippen molar-refractivity contribution in [2.45, 2.75) is 0 Å². The molecule has 0 bridgehead atoms. The van der Waals surface area contributed by atoms with Gasteiger partial charge in [0.2, 0.25) is 0 Å². The lowest BCUT2D eigenvalue weighted by Gasteiger charge is -1.98. The Morgan fingerprint density at radius 2 is 2.21 bits per heavy atom. The molecule has 3 heterocycles. The van der Waals surface area contributed by atoms with E-state index in [2.05, 4.69) is 15.1 Å². The molecule has 0 aliphatic rings. The van der Waals surface area contributed by atoms with Crippen LogP contribution in [0.3, 0.4) is 0 Å². The maximum absolute atomic E-state index is 5.10. The molecule has 5 nitrogen and oxygen atoms in total. The lowest BCUT2D eigenvalue weighted by atomic mass is 10.3. The van der Waals surface area contributed by atoms with E-state index in [4.69, 9.17) is 4.74 Å². The third-order valence-corrected chi connectivity index (χ3v) is 2.67. The minimum absolute atomic E-state index is 0.685. The second kappa shape index (κ2) is 4.89. The van der Waals surface area contributed by atoms with Gasteiger partial charge in [0.05, 0.1) is 36.9 Å². The number of hydrogen-bond acceptors (Lipinski definition) is 4. The fraction of sp³-hybridized carbons (Fsp3) is 0.0714. The normalized spacial score (nSPS) is 11.2. The van der Waals surface area contributed by atoms with Crippen LogP contribution in [0.4, 0.5) is 5.69 Å². The molecular formula is C14H12N4O. The molecule has 0 N–H and O–H groups in total. The van der Waals surface area contributed by atoms with Gasteiger partial charge in [-0.2, -0.15) is 5.10 Å². The van der Waals surface area contributed by atoms with Crippen LogP contribution in [0.15, 0.2) is 53.9 Å². The molecule has 0 unspecified atom stereocenters. The van der Waals surface area contributed by atoms with E-state index in [-0.39, 0.29) is 0 Å². The highest BCUT2D eigenvalue weighted by molar-refractivity contribution is 5.81. The fourth-order valence-corrected chi connectivity index (χ4v) is 1.75. The van der Waals surface area contributed by atoms with Gasteiger partial charge in [-0.3, -0.25) is 9.98 Å². The van der Waals surface area contributed by atoms with Crippen LogP contribution in [0.25, 0.3) is 5.52 Å². The Morgan fingerprint density at radius 1 is 1.26 bits per heavy atom. The lowest BCUT2D eigenvalue weighted by Crippen LogP contribution is -1.87. The van der Waals surface area contributed by atoms with E-state index in [9.17, 15) is 0 Å². The van der Waals surface area contributed by atoms with Crippen LogP contribution >= 0.6 is 0 Å². The maximum Gasteiger partial charge on any atom is 0.139 e. The Labute approximate surface area is 110 Å². The number of hydrogen-bond donors (Lipinski definition) is 0. The third kappa shape index (κ3) is 2.44. The first-order valence-electron chi connectivity index (χ1n) is 5.83. The number of pyridine rings is 2. The first-order valence-corrected chi connectivity index (χ1v) is 5.83. The molecule has 0 saturated heterocycles. The minimum Gasteiger partial charge on any atom is -0.495 e. The summed E-state index contributed by atoms with van der Waals surface area (Å²) in [6.07, 6.45) is 6.93.